The van der Waals surface area contributed by atoms with Crippen molar-refractivity contribution in [3.63, 3.8) is 0 Å². The van der Waals surface area contributed by atoms with Crippen molar-refractivity contribution in [1.29, 1.82) is 0 Å². The van der Waals surface area contributed by atoms with Gasteiger partial charge in [-0.2, -0.15) is 0 Å². The van der Waals surface area contributed by atoms with Crippen molar-refractivity contribution in [1.82, 2.24) is 9.80 Å². The third-order valence-corrected chi connectivity index (χ3v) is 7.76. The summed E-state index contributed by atoms with van der Waals surface area (Å²) in [7, 11) is 0. The molecule has 0 aromatic carbocycles. The van der Waals surface area contributed by atoms with Crippen molar-refractivity contribution in [3.05, 3.63) is 25.3 Å². The number of allylic oxidation sites excluding steroid dienone is 1. The molecule has 0 aliphatic carbocycles. The number of rotatable bonds is 12. The van der Waals surface area contributed by atoms with Crippen LogP contribution in [-0.4, -0.2) is 87.6 Å². The Morgan fingerprint density at radius 2 is 2.09 bits per heavy atom. The molecule has 184 valence electrons. The minimum Gasteiger partial charge on any atom is -0.465 e. The molecule has 1 N–H and O–H groups in total. The highest BCUT2D eigenvalue weighted by atomic mass is 79.9. The number of fused-ring (bicyclic) bond motifs is 1. The molecule has 8 nitrogen and oxygen atoms in total. The average Bonchev–Trinajstić information content (AvgIpc) is 3.35. The van der Waals surface area contributed by atoms with Crippen LogP contribution in [0.15, 0.2) is 25.3 Å². The molecule has 3 fully saturated rings. The molecule has 3 aliphatic rings. The average molecular weight is 527 g/mol. The summed E-state index contributed by atoms with van der Waals surface area (Å²) in [6.07, 6.45) is 5.77. The number of alkyl halides is 1. The third-order valence-electron chi connectivity index (χ3n) is 6.92. The lowest BCUT2D eigenvalue weighted by molar-refractivity contribution is -0.155. The van der Waals surface area contributed by atoms with E-state index >= 15 is 0 Å². The van der Waals surface area contributed by atoms with Gasteiger partial charge in [-0.3, -0.25) is 14.4 Å². The van der Waals surface area contributed by atoms with Gasteiger partial charge in [-0.05, 0) is 39.5 Å². The molecule has 33 heavy (non-hydrogen) atoms. The highest BCUT2D eigenvalue weighted by Gasteiger charge is 2.77. The van der Waals surface area contributed by atoms with Crippen molar-refractivity contribution in [3.8, 4) is 0 Å². The zero-order chi connectivity index (χ0) is 24.3. The van der Waals surface area contributed by atoms with Gasteiger partial charge in [0.15, 0.2) is 0 Å². The van der Waals surface area contributed by atoms with E-state index in [9.17, 15) is 19.5 Å². The smallest absolute Gasteiger partial charge is 0.312 e. The van der Waals surface area contributed by atoms with E-state index in [0.29, 0.717) is 19.4 Å². The molecule has 9 heteroatoms. The molecule has 1 spiro atoms. The molecule has 3 aliphatic heterocycles. The number of carbonyl (C=O) groups is 3. The van der Waals surface area contributed by atoms with Gasteiger partial charge >= 0.3 is 5.97 Å². The minimum atomic E-state index is -1.14. The largest absolute Gasteiger partial charge is 0.465 e. The molecule has 3 saturated heterocycles. The highest BCUT2D eigenvalue weighted by molar-refractivity contribution is 9.09. The monoisotopic (exact) mass is 526 g/mol. The lowest BCUT2D eigenvalue weighted by Gasteiger charge is -2.38. The summed E-state index contributed by atoms with van der Waals surface area (Å²) in [5, 5.41) is 9.66. The topological polar surface area (TPSA) is 96.4 Å². The van der Waals surface area contributed by atoms with Gasteiger partial charge < -0.3 is 24.4 Å². The Labute approximate surface area is 204 Å². The predicted molar refractivity (Wildman–Crippen MR) is 127 cm³/mol. The van der Waals surface area contributed by atoms with Crippen LogP contribution in [0.25, 0.3) is 0 Å². The third kappa shape index (κ3) is 4.51. The summed E-state index contributed by atoms with van der Waals surface area (Å²) in [4.78, 5) is 43.3. The number of β-amino-alcohol motifs (C(OH)–C–C–N with tert-alkyl or cyclic N) is 1. The molecule has 0 radical (unpaired) electrons. The fraction of sp³-hybridized carbons (Fsp3) is 0.708. The molecule has 2 amide bonds. The number of carbonyl (C=O) groups excluding carboxylic acids is 3. The number of hydrogen-bond acceptors (Lipinski definition) is 6. The fourth-order valence-corrected chi connectivity index (χ4v) is 6.48. The number of ether oxygens (including phenoxy) is 2. The molecule has 0 aromatic rings. The molecule has 3 rings (SSSR count). The summed E-state index contributed by atoms with van der Waals surface area (Å²) < 4.78 is 11.9. The van der Waals surface area contributed by atoms with E-state index < -0.39 is 35.6 Å². The lowest BCUT2D eigenvalue weighted by Crippen LogP contribution is -2.58. The SMILES string of the molecule is C=CCCCCOC(=O)[C@H]1[C@H]2C(=O)N(CCO)C(C(=O)N(CC=C)C(C)C)C23CC(Br)[C@@H]1O3. The van der Waals surface area contributed by atoms with Crippen LogP contribution >= 0.6 is 15.9 Å². The molecular formula is C24H35BrN2O6. The van der Waals surface area contributed by atoms with Crippen LogP contribution < -0.4 is 0 Å². The van der Waals surface area contributed by atoms with Gasteiger partial charge in [0.25, 0.3) is 0 Å². The van der Waals surface area contributed by atoms with Crippen LogP contribution in [0, 0.1) is 11.8 Å². The molecule has 0 aromatic heterocycles. The summed E-state index contributed by atoms with van der Waals surface area (Å²) in [6.45, 7) is 11.5. The Kier molecular flexibility index (Phi) is 8.40. The van der Waals surface area contributed by atoms with E-state index in [1.165, 1.54) is 4.90 Å². The summed E-state index contributed by atoms with van der Waals surface area (Å²) >= 11 is 3.63. The standard InChI is InChI=1S/C24H35BrN2O6/c1-5-7-8-9-13-32-23(31)17-18-21(29)27(11-12-28)20(22(30)26(10-6-2)15(3)4)24(18)14-16(25)19(17)33-24/h5-6,15-20,28H,1-2,7-14H2,3-4H3/t16?,17-,18-,19-,20?,24?/m0/s1. The van der Waals surface area contributed by atoms with Crippen LogP contribution in [0.3, 0.4) is 0 Å². The number of halogens is 1. The number of aliphatic hydroxyl groups excluding tert-OH is 1. The van der Waals surface area contributed by atoms with Crippen molar-refractivity contribution < 1.29 is 29.0 Å². The Morgan fingerprint density at radius 3 is 2.70 bits per heavy atom. The van der Waals surface area contributed by atoms with E-state index in [4.69, 9.17) is 9.47 Å². The minimum absolute atomic E-state index is 0.00217. The van der Waals surface area contributed by atoms with Gasteiger partial charge in [0.05, 0.1) is 31.2 Å². The van der Waals surface area contributed by atoms with Crippen LogP contribution in [0.5, 0.6) is 0 Å². The maximum atomic E-state index is 13.8. The quantitative estimate of drug-likeness (QED) is 0.181. The van der Waals surface area contributed by atoms with Crippen LogP contribution in [0.1, 0.15) is 39.5 Å². The van der Waals surface area contributed by atoms with Crippen LogP contribution in [0.2, 0.25) is 0 Å². The maximum Gasteiger partial charge on any atom is 0.312 e. The number of unbranched alkanes of at least 4 members (excludes halogenated alkanes) is 2. The van der Waals surface area contributed by atoms with Gasteiger partial charge in [-0.15, -0.1) is 13.2 Å². The second-order valence-electron chi connectivity index (χ2n) is 9.24. The first-order valence-electron chi connectivity index (χ1n) is 11.7. The van der Waals surface area contributed by atoms with E-state index in [1.807, 2.05) is 19.9 Å². The van der Waals surface area contributed by atoms with E-state index in [2.05, 4.69) is 29.1 Å². The molecule has 3 heterocycles. The summed E-state index contributed by atoms with van der Waals surface area (Å²) in [5.41, 5.74) is -1.14. The zero-order valence-corrected chi connectivity index (χ0v) is 21.0. The molecule has 6 atom stereocenters. The van der Waals surface area contributed by atoms with E-state index in [0.717, 1.165) is 12.8 Å². The Morgan fingerprint density at radius 1 is 1.36 bits per heavy atom. The zero-order valence-electron chi connectivity index (χ0n) is 19.5. The van der Waals surface area contributed by atoms with Crippen molar-refractivity contribution in [2.75, 3.05) is 26.3 Å². The van der Waals surface area contributed by atoms with Crippen LogP contribution in [-0.2, 0) is 23.9 Å². The molecule has 2 bridgehead atoms. The first-order valence-corrected chi connectivity index (χ1v) is 12.6. The van der Waals surface area contributed by atoms with E-state index in [1.54, 1.807) is 11.0 Å². The van der Waals surface area contributed by atoms with Gasteiger partial charge in [0.1, 0.15) is 11.6 Å². The van der Waals surface area contributed by atoms with Gasteiger partial charge in [-0.25, -0.2) is 0 Å². The predicted octanol–water partition coefficient (Wildman–Crippen LogP) is 2.05. The summed E-state index contributed by atoms with van der Waals surface area (Å²) in [6, 6.07) is -1.04. The first kappa shape index (κ1) is 25.9. The number of amides is 2. The fourth-order valence-electron chi connectivity index (χ4n) is 5.54. The van der Waals surface area contributed by atoms with Gasteiger partial charge in [0, 0.05) is 24.0 Å². The van der Waals surface area contributed by atoms with Crippen LogP contribution in [0.4, 0.5) is 0 Å². The van der Waals surface area contributed by atoms with Gasteiger partial charge in [0.2, 0.25) is 11.8 Å². The first-order chi connectivity index (χ1) is 15.7. The number of likely N-dealkylation sites (tertiary alicyclic amines) is 1. The summed E-state index contributed by atoms with van der Waals surface area (Å²) in [5.74, 6) is -2.66. The molecular weight excluding hydrogens is 492 g/mol. The molecule has 3 unspecified atom stereocenters. The lowest BCUT2D eigenvalue weighted by atomic mass is 9.70. The van der Waals surface area contributed by atoms with Crippen molar-refractivity contribution in [2.24, 2.45) is 11.8 Å². The normalized spacial score (nSPS) is 32.2. The Balaban J connectivity index is 1.91. The number of hydrogen-bond donors (Lipinski definition) is 1. The number of aliphatic hydroxyl groups is 1. The van der Waals surface area contributed by atoms with Gasteiger partial charge in [-0.1, -0.05) is 28.1 Å². The number of nitrogens with zero attached hydrogens (tertiary/aromatic N) is 2. The highest BCUT2D eigenvalue weighted by Crippen LogP contribution is 2.60. The Bertz CT molecular complexity index is 789. The number of esters is 1. The van der Waals surface area contributed by atoms with Crippen molar-refractivity contribution >= 4 is 33.7 Å². The second kappa shape index (κ2) is 10.7. The van der Waals surface area contributed by atoms with E-state index in [-0.39, 0.29) is 42.4 Å². The van der Waals surface area contributed by atoms with Crippen molar-refractivity contribution in [2.45, 2.75) is 68.1 Å². The maximum absolute atomic E-state index is 13.8. The Hall–Kier alpha value is -1.71. The molecule has 0 saturated carbocycles. The second-order valence-corrected chi connectivity index (χ2v) is 10.4.